The standard InChI is InChI=1S/C14H17F2N7O/c15-12(16)14-21-9(17)4-11(23-14)22-10-3-8(20-6-1-2-6)7(5-19-10)13(18)24/h3-6,9,12H,1-2,17H2,(H2,18,24)(H,21,23)(H2,19,20,22). The average Bonchev–Trinajstić information content (AvgIpc) is 3.30. The lowest BCUT2D eigenvalue weighted by atomic mass is 10.2. The van der Waals surface area contributed by atoms with Crippen LogP contribution in [0.25, 0.3) is 0 Å². The summed E-state index contributed by atoms with van der Waals surface area (Å²) in [6.07, 6.45) is 1.16. The molecule has 10 heteroatoms. The summed E-state index contributed by atoms with van der Waals surface area (Å²) >= 11 is 0. The van der Waals surface area contributed by atoms with Crippen LogP contribution in [-0.2, 0) is 0 Å². The number of pyridine rings is 1. The number of rotatable bonds is 6. The molecule has 0 bridgehead atoms. The maximum Gasteiger partial charge on any atom is 0.295 e. The average molecular weight is 337 g/mol. The number of nitrogens with zero attached hydrogens (tertiary/aromatic N) is 2. The molecule has 1 aliphatic carbocycles. The molecule has 128 valence electrons. The third-order valence-electron chi connectivity index (χ3n) is 3.46. The van der Waals surface area contributed by atoms with Gasteiger partial charge < -0.3 is 27.4 Å². The van der Waals surface area contributed by atoms with Crippen molar-refractivity contribution in [2.24, 2.45) is 16.5 Å². The fourth-order valence-corrected chi connectivity index (χ4v) is 2.19. The first-order valence-electron chi connectivity index (χ1n) is 7.36. The first-order chi connectivity index (χ1) is 11.4. The Kier molecular flexibility index (Phi) is 4.30. The molecule has 1 amide bonds. The Morgan fingerprint density at radius 2 is 2.17 bits per heavy atom. The van der Waals surface area contributed by atoms with Gasteiger partial charge in [0.15, 0.2) is 5.84 Å². The summed E-state index contributed by atoms with van der Waals surface area (Å²) in [7, 11) is 0. The molecule has 0 saturated heterocycles. The molecule has 1 unspecified atom stereocenters. The summed E-state index contributed by atoms with van der Waals surface area (Å²) in [4.78, 5) is 19.1. The number of primary amides is 1. The number of aromatic nitrogens is 1. The van der Waals surface area contributed by atoms with Crippen molar-refractivity contribution in [3.8, 4) is 0 Å². The number of carbonyl (C=O) groups excluding carboxylic acids is 1. The fraction of sp³-hybridized carbons (Fsp3) is 0.357. The van der Waals surface area contributed by atoms with E-state index in [1.54, 1.807) is 6.07 Å². The Labute approximate surface area is 136 Å². The number of nitrogens with two attached hydrogens (primary N) is 2. The highest BCUT2D eigenvalue weighted by atomic mass is 19.3. The Bertz CT molecular complexity index is 715. The predicted molar refractivity (Wildman–Crippen MR) is 85.7 cm³/mol. The highest BCUT2D eigenvalue weighted by Gasteiger charge is 2.24. The van der Waals surface area contributed by atoms with Crippen LogP contribution < -0.4 is 27.4 Å². The molecule has 1 aromatic rings. The van der Waals surface area contributed by atoms with E-state index in [-0.39, 0.29) is 11.4 Å². The molecular formula is C14H17F2N7O. The van der Waals surface area contributed by atoms with Crippen molar-refractivity contribution in [2.45, 2.75) is 31.5 Å². The zero-order valence-corrected chi connectivity index (χ0v) is 12.6. The largest absolute Gasteiger partial charge is 0.382 e. The van der Waals surface area contributed by atoms with Gasteiger partial charge in [-0.15, -0.1) is 0 Å². The molecule has 0 radical (unpaired) electrons. The fourth-order valence-electron chi connectivity index (χ4n) is 2.19. The van der Waals surface area contributed by atoms with Crippen LogP contribution in [0.15, 0.2) is 29.2 Å². The van der Waals surface area contributed by atoms with Crippen molar-refractivity contribution in [1.82, 2.24) is 10.3 Å². The van der Waals surface area contributed by atoms with Gasteiger partial charge in [-0.05, 0) is 18.9 Å². The van der Waals surface area contributed by atoms with Gasteiger partial charge in [-0.25, -0.2) is 18.8 Å². The highest BCUT2D eigenvalue weighted by Crippen LogP contribution is 2.28. The van der Waals surface area contributed by atoms with E-state index in [0.717, 1.165) is 12.8 Å². The molecule has 1 atom stereocenters. The van der Waals surface area contributed by atoms with Gasteiger partial charge in [-0.3, -0.25) is 4.79 Å². The molecule has 2 aliphatic rings. The lowest BCUT2D eigenvalue weighted by molar-refractivity contribution is 0.100. The minimum absolute atomic E-state index is 0.240. The summed E-state index contributed by atoms with van der Waals surface area (Å²) in [5.74, 6) is -0.520. The van der Waals surface area contributed by atoms with E-state index in [1.165, 1.54) is 12.3 Å². The predicted octanol–water partition coefficient (Wildman–Crippen LogP) is 0.560. The van der Waals surface area contributed by atoms with E-state index >= 15 is 0 Å². The molecule has 3 rings (SSSR count). The number of amides is 1. The van der Waals surface area contributed by atoms with Gasteiger partial charge in [0.25, 0.3) is 12.3 Å². The molecule has 1 aromatic heterocycles. The molecule has 7 N–H and O–H groups in total. The van der Waals surface area contributed by atoms with Crippen LogP contribution in [0.1, 0.15) is 23.2 Å². The van der Waals surface area contributed by atoms with Crippen LogP contribution in [0.4, 0.5) is 20.3 Å². The molecule has 0 spiro atoms. The number of amidine groups is 1. The number of halogens is 2. The number of carbonyl (C=O) groups is 1. The number of aliphatic imine (C=N–C) groups is 1. The Morgan fingerprint density at radius 3 is 2.79 bits per heavy atom. The van der Waals surface area contributed by atoms with E-state index in [1.807, 2.05) is 0 Å². The van der Waals surface area contributed by atoms with Gasteiger partial charge in [0.1, 0.15) is 17.8 Å². The van der Waals surface area contributed by atoms with Crippen molar-refractivity contribution in [2.75, 3.05) is 10.6 Å². The first kappa shape index (κ1) is 16.1. The van der Waals surface area contributed by atoms with Crippen LogP contribution in [0.5, 0.6) is 0 Å². The summed E-state index contributed by atoms with van der Waals surface area (Å²) in [6.45, 7) is 0. The zero-order chi connectivity index (χ0) is 17.3. The van der Waals surface area contributed by atoms with Crippen LogP contribution >= 0.6 is 0 Å². The van der Waals surface area contributed by atoms with Crippen LogP contribution in [0, 0.1) is 0 Å². The second-order valence-electron chi connectivity index (χ2n) is 5.53. The minimum atomic E-state index is -2.76. The van der Waals surface area contributed by atoms with Gasteiger partial charge in [0.05, 0.1) is 11.3 Å². The van der Waals surface area contributed by atoms with Gasteiger partial charge >= 0.3 is 0 Å². The SMILES string of the molecule is NC(=O)c1cnc(NC2=CC(N)N=C(C(F)F)N2)cc1NC1CC1. The van der Waals surface area contributed by atoms with E-state index in [2.05, 4.69) is 25.9 Å². The summed E-state index contributed by atoms with van der Waals surface area (Å²) in [5.41, 5.74) is 11.8. The second-order valence-corrected chi connectivity index (χ2v) is 5.53. The van der Waals surface area contributed by atoms with Gasteiger partial charge in [0, 0.05) is 18.3 Å². The zero-order valence-electron chi connectivity index (χ0n) is 12.6. The molecule has 1 fully saturated rings. The molecule has 8 nitrogen and oxygen atoms in total. The normalized spacial score (nSPS) is 20.1. The number of alkyl halides is 2. The van der Waals surface area contributed by atoms with Gasteiger partial charge in [-0.2, -0.15) is 0 Å². The summed E-state index contributed by atoms with van der Waals surface area (Å²) < 4.78 is 25.6. The quantitative estimate of drug-likeness (QED) is 0.515. The topological polar surface area (TPSA) is 130 Å². The van der Waals surface area contributed by atoms with E-state index < -0.39 is 24.3 Å². The Balaban J connectivity index is 1.78. The third kappa shape index (κ3) is 3.77. The lowest BCUT2D eigenvalue weighted by Gasteiger charge is -2.21. The smallest absolute Gasteiger partial charge is 0.295 e. The molecule has 2 heterocycles. The van der Waals surface area contributed by atoms with Crippen LogP contribution in [0.3, 0.4) is 0 Å². The monoisotopic (exact) mass is 337 g/mol. The van der Waals surface area contributed by atoms with Crippen molar-refractivity contribution >= 4 is 23.2 Å². The first-order valence-corrected chi connectivity index (χ1v) is 7.36. The minimum Gasteiger partial charge on any atom is -0.382 e. The molecular weight excluding hydrogens is 320 g/mol. The van der Waals surface area contributed by atoms with Crippen molar-refractivity contribution in [1.29, 1.82) is 0 Å². The Hall–Kier alpha value is -2.75. The molecule has 24 heavy (non-hydrogen) atoms. The summed E-state index contributed by atoms with van der Waals surface area (Å²) in [5, 5.41) is 8.50. The molecule has 0 aromatic carbocycles. The third-order valence-corrected chi connectivity index (χ3v) is 3.46. The maximum atomic E-state index is 12.8. The van der Waals surface area contributed by atoms with Crippen LogP contribution in [0.2, 0.25) is 0 Å². The van der Waals surface area contributed by atoms with Gasteiger partial charge in [-0.1, -0.05) is 0 Å². The summed E-state index contributed by atoms with van der Waals surface area (Å²) in [6, 6.07) is 1.90. The number of nitrogens with one attached hydrogen (secondary N) is 3. The van der Waals surface area contributed by atoms with Crippen LogP contribution in [-0.4, -0.2) is 35.4 Å². The lowest BCUT2D eigenvalue weighted by Crippen LogP contribution is -2.39. The number of hydrogen-bond acceptors (Lipinski definition) is 7. The van der Waals surface area contributed by atoms with Crippen molar-refractivity contribution in [3.63, 3.8) is 0 Å². The molecule has 1 aliphatic heterocycles. The van der Waals surface area contributed by atoms with Crippen molar-refractivity contribution in [3.05, 3.63) is 29.7 Å². The number of hydrogen-bond donors (Lipinski definition) is 5. The maximum absolute atomic E-state index is 12.8. The van der Waals surface area contributed by atoms with E-state index in [4.69, 9.17) is 11.5 Å². The highest BCUT2D eigenvalue weighted by molar-refractivity contribution is 5.98. The van der Waals surface area contributed by atoms with Gasteiger partial charge in [0.2, 0.25) is 0 Å². The molecule has 1 saturated carbocycles. The van der Waals surface area contributed by atoms with E-state index in [0.29, 0.717) is 17.5 Å². The van der Waals surface area contributed by atoms with Crippen molar-refractivity contribution < 1.29 is 13.6 Å². The number of anilines is 2. The van der Waals surface area contributed by atoms with E-state index in [9.17, 15) is 13.6 Å². The second kappa shape index (κ2) is 6.40. The Morgan fingerprint density at radius 1 is 1.42 bits per heavy atom.